The molecule has 16 rings (SSSR count). The molecular weight excluding hydrogens is 1130 g/mol. The van der Waals surface area contributed by atoms with Crippen molar-refractivity contribution in [1.29, 1.82) is 0 Å². The largest absolute Gasteiger partial charge is 0.251 e. The van der Waals surface area contributed by atoms with E-state index in [0.717, 1.165) is 146 Å². The van der Waals surface area contributed by atoms with Crippen LogP contribution in [0.25, 0.3) is 156 Å². The topological polar surface area (TPSA) is 116 Å². The van der Waals surface area contributed by atoms with Crippen molar-refractivity contribution in [2.45, 2.75) is 34.1 Å². The Morgan fingerprint density at radius 2 is 0.527 bits per heavy atom. The summed E-state index contributed by atoms with van der Waals surface area (Å²) < 4.78 is 0. The summed E-state index contributed by atoms with van der Waals surface area (Å²) in [4.78, 5) is 44.5. The molecule has 0 atom stereocenters. The molecule has 0 fully saturated rings. The molecule has 9 nitrogen and oxygen atoms in total. The third kappa shape index (κ3) is 11.9. The molecule has 6 heterocycles. The van der Waals surface area contributed by atoms with E-state index in [1.54, 1.807) is 0 Å². The van der Waals surface area contributed by atoms with Gasteiger partial charge in [-0.15, -0.1) is 0 Å². The number of pyridine rings is 4. The number of hydrogen-bond donors (Lipinski definition) is 0. The average Bonchev–Trinajstić information content (AvgIpc) is 1.14. The first kappa shape index (κ1) is 57.4. The fourth-order valence-electron chi connectivity index (χ4n) is 12.1. The van der Waals surface area contributed by atoms with Gasteiger partial charge in [0.15, 0.2) is 23.3 Å². The van der Waals surface area contributed by atoms with Crippen LogP contribution in [0.1, 0.15) is 29.4 Å². The van der Waals surface area contributed by atoms with Crippen LogP contribution in [-0.4, -0.2) is 44.9 Å². The second kappa shape index (κ2) is 25.1. The normalized spacial score (nSPS) is 11.3. The van der Waals surface area contributed by atoms with Crippen LogP contribution in [0.3, 0.4) is 0 Å². The highest BCUT2D eigenvalue weighted by Crippen LogP contribution is 2.36. The molecule has 0 aliphatic heterocycles. The van der Waals surface area contributed by atoms with Crippen LogP contribution < -0.4 is 0 Å². The fraction of sp³-hybridized carbons (Fsp3) is 0.0595. The number of benzene rings is 10. The lowest BCUT2D eigenvalue weighted by Gasteiger charge is -2.12. The van der Waals surface area contributed by atoms with Crippen molar-refractivity contribution < 1.29 is 0 Å². The van der Waals surface area contributed by atoms with E-state index in [0.29, 0.717) is 23.3 Å². The smallest absolute Gasteiger partial charge is 0.164 e. The Kier molecular flexibility index (Phi) is 15.5. The Labute approximate surface area is 540 Å². The van der Waals surface area contributed by atoms with Gasteiger partial charge in [0.05, 0.1) is 44.8 Å². The van der Waals surface area contributed by atoms with Gasteiger partial charge >= 0.3 is 0 Å². The molecule has 6 aromatic heterocycles. The standard InChI is InChI=1S/C42H31N5.C42H30N4/c1-3-28-26-37(44-39-36(28)25-24-32-15-14-27(2)43-38(32)39)31-20-16-29(17-21-31)30-18-22-35(23-19-30)42-46-40(33-10-6-4-7-11-33)45-41(47-42)34-12-8-5-9-13-34;1-27-25-37(44-41-36(27)24-23-34-14-13-28(2)43-40(34)41)33-19-15-29(16-20-33)30-17-21-35(22-18-30)42-45-38(31-9-5-3-6-10-31)26-39(46-42)32-11-7-4-8-12-32/h4-26H,3H2,1-2H3;3-26H,1-2H3. The van der Waals surface area contributed by atoms with Crippen LogP contribution >= 0.6 is 0 Å². The second-order valence-electron chi connectivity index (χ2n) is 23.4. The maximum absolute atomic E-state index is 5.15. The van der Waals surface area contributed by atoms with Gasteiger partial charge in [0.2, 0.25) is 0 Å². The van der Waals surface area contributed by atoms with Gasteiger partial charge in [0, 0.05) is 77.4 Å². The van der Waals surface area contributed by atoms with E-state index in [1.165, 1.54) is 16.5 Å². The molecule has 0 saturated heterocycles. The van der Waals surface area contributed by atoms with Crippen LogP contribution in [-0.2, 0) is 6.42 Å². The van der Waals surface area contributed by atoms with E-state index in [1.807, 2.05) is 117 Å². The fourth-order valence-corrected chi connectivity index (χ4v) is 12.1. The molecule has 442 valence electrons. The second-order valence-corrected chi connectivity index (χ2v) is 23.4. The van der Waals surface area contributed by atoms with Gasteiger partial charge in [-0.25, -0.2) is 34.9 Å². The first-order valence-corrected chi connectivity index (χ1v) is 31.4. The minimum absolute atomic E-state index is 0.644. The average molecular weight is 1200 g/mol. The highest BCUT2D eigenvalue weighted by molar-refractivity contribution is 6.06. The summed E-state index contributed by atoms with van der Waals surface area (Å²) in [6, 6.07) is 98.2. The van der Waals surface area contributed by atoms with E-state index >= 15 is 0 Å². The molecule has 93 heavy (non-hydrogen) atoms. The SMILES string of the molecule is CCc1cc(-c2ccc(-c3ccc(-c4nc(-c5ccccc5)nc(-c5ccccc5)n4)cc3)cc2)nc2c1ccc1ccc(C)nc12.Cc1ccc2ccc3c(C)cc(-c4ccc(-c5ccc(-c6nc(-c7ccccc7)cc(-c7ccccc7)n6)cc5)cc4)nc3c2n1. The molecule has 0 amide bonds. The molecule has 0 radical (unpaired) electrons. The summed E-state index contributed by atoms with van der Waals surface area (Å²) >= 11 is 0. The van der Waals surface area contributed by atoms with Crippen LogP contribution in [0.2, 0.25) is 0 Å². The van der Waals surface area contributed by atoms with E-state index < -0.39 is 0 Å². The summed E-state index contributed by atoms with van der Waals surface area (Å²) in [6.45, 7) is 8.40. The van der Waals surface area contributed by atoms with Crippen molar-refractivity contribution in [2.75, 3.05) is 0 Å². The van der Waals surface area contributed by atoms with Crippen LogP contribution in [0.15, 0.2) is 285 Å². The number of hydrogen-bond acceptors (Lipinski definition) is 9. The predicted molar refractivity (Wildman–Crippen MR) is 381 cm³/mol. The monoisotopic (exact) mass is 1200 g/mol. The molecular formula is C84H61N9. The van der Waals surface area contributed by atoms with E-state index in [4.69, 9.17) is 44.9 Å². The molecule has 0 saturated carbocycles. The van der Waals surface area contributed by atoms with Crippen molar-refractivity contribution in [3.05, 3.63) is 308 Å². The Morgan fingerprint density at radius 3 is 0.935 bits per heavy atom. The summed E-state index contributed by atoms with van der Waals surface area (Å²) in [6.07, 6.45) is 0.925. The van der Waals surface area contributed by atoms with E-state index in [2.05, 4.69) is 196 Å². The Morgan fingerprint density at radius 1 is 0.226 bits per heavy atom. The maximum atomic E-state index is 5.15. The van der Waals surface area contributed by atoms with Crippen molar-refractivity contribution in [3.8, 4) is 113 Å². The molecule has 0 spiro atoms. The first-order valence-electron chi connectivity index (χ1n) is 31.4. The van der Waals surface area contributed by atoms with Crippen LogP contribution in [0.5, 0.6) is 0 Å². The van der Waals surface area contributed by atoms with E-state index in [9.17, 15) is 0 Å². The third-order valence-corrected chi connectivity index (χ3v) is 17.1. The Balaban J connectivity index is 0.000000154. The molecule has 16 aromatic rings. The van der Waals surface area contributed by atoms with Crippen LogP contribution in [0.4, 0.5) is 0 Å². The summed E-state index contributed by atoms with van der Waals surface area (Å²) in [5.41, 5.74) is 24.6. The van der Waals surface area contributed by atoms with Gasteiger partial charge in [-0.2, -0.15) is 0 Å². The highest BCUT2D eigenvalue weighted by atomic mass is 15.0. The maximum Gasteiger partial charge on any atom is 0.164 e. The zero-order valence-electron chi connectivity index (χ0n) is 51.9. The minimum atomic E-state index is 0.644. The Hall–Kier alpha value is -12.1. The van der Waals surface area contributed by atoms with Crippen molar-refractivity contribution in [3.63, 3.8) is 0 Å². The van der Waals surface area contributed by atoms with Crippen LogP contribution in [0, 0.1) is 20.8 Å². The molecule has 0 aliphatic rings. The lowest BCUT2D eigenvalue weighted by molar-refractivity contribution is 1.07. The van der Waals surface area contributed by atoms with Gasteiger partial charge in [-0.1, -0.05) is 262 Å². The minimum Gasteiger partial charge on any atom is -0.251 e. The highest BCUT2D eigenvalue weighted by Gasteiger charge is 2.17. The molecule has 9 heteroatoms. The van der Waals surface area contributed by atoms with E-state index in [-0.39, 0.29) is 0 Å². The molecule has 0 aliphatic carbocycles. The number of fused-ring (bicyclic) bond motifs is 6. The van der Waals surface area contributed by atoms with Gasteiger partial charge < -0.3 is 0 Å². The lowest BCUT2D eigenvalue weighted by Crippen LogP contribution is -2.00. The number of rotatable bonds is 11. The van der Waals surface area contributed by atoms with Crippen molar-refractivity contribution in [2.24, 2.45) is 0 Å². The number of aromatic nitrogens is 9. The van der Waals surface area contributed by atoms with Gasteiger partial charge in [-0.3, -0.25) is 9.97 Å². The predicted octanol–water partition coefficient (Wildman–Crippen LogP) is 20.7. The van der Waals surface area contributed by atoms with Crippen molar-refractivity contribution in [1.82, 2.24) is 44.9 Å². The molecule has 0 unspecified atom stereocenters. The summed E-state index contributed by atoms with van der Waals surface area (Å²) in [5.74, 6) is 2.66. The Bertz CT molecular complexity index is 5280. The summed E-state index contributed by atoms with van der Waals surface area (Å²) in [5, 5.41) is 4.52. The van der Waals surface area contributed by atoms with Gasteiger partial charge in [-0.05, 0) is 90.9 Å². The quantitative estimate of drug-likeness (QED) is 0.117. The van der Waals surface area contributed by atoms with Gasteiger partial charge in [0.25, 0.3) is 0 Å². The molecule has 0 N–H and O–H groups in total. The molecule has 0 bridgehead atoms. The molecule has 10 aromatic carbocycles. The first-order chi connectivity index (χ1) is 45.7. The summed E-state index contributed by atoms with van der Waals surface area (Å²) in [7, 11) is 0. The van der Waals surface area contributed by atoms with Crippen molar-refractivity contribution >= 4 is 43.6 Å². The lowest BCUT2D eigenvalue weighted by atomic mass is 9.98. The zero-order valence-corrected chi connectivity index (χ0v) is 51.9. The van der Waals surface area contributed by atoms with Gasteiger partial charge in [0.1, 0.15) is 0 Å². The number of nitrogens with zero attached hydrogens (tertiary/aromatic N) is 9. The zero-order chi connectivity index (χ0) is 62.8. The number of aryl methyl sites for hydroxylation is 4. The third-order valence-electron chi connectivity index (χ3n) is 17.1.